The van der Waals surface area contributed by atoms with Crippen molar-refractivity contribution in [3.8, 4) is 5.69 Å². The van der Waals surface area contributed by atoms with Crippen LogP contribution in [0, 0.1) is 0 Å². The van der Waals surface area contributed by atoms with Crippen molar-refractivity contribution in [3.05, 3.63) is 47.2 Å². The number of amides is 1. The first kappa shape index (κ1) is 23.2. The van der Waals surface area contributed by atoms with Crippen LogP contribution in [0.25, 0.3) is 5.69 Å². The Labute approximate surface area is 177 Å². The molecular formula is C18H17ClF6N4O2. The van der Waals surface area contributed by atoms with Crippen LogP contribution in [0.5, 0.6) is 0 Å². The average molecular weight is 471 g/mol. The topological polar surface area (TPSA) is 50.6 Å². The maximum absolute atomic E-state index is 12.6. The number of carbonyl (C=O) groups is 1. The van der Waals surface area contributed by atoms with E-state index in [0.717, 1.165) is 16.2 Å². The number of nitrogens with zero attached hydrogens (tertiary/aromatic N) is 4. The minimum Gasteiger partial charge on any atom is -0.426 e. The summed E-state index contributed by atoms with van der Waals surface area (Å²) in [4.78, 5) is 14.6. The number of alkyl halides is 6. The fourth-order valence-electron chi connectivity index (χ4n) is 3.12. The van der Waals surface area contributed by atoms with Crippen LogP contribution in [0.2, 0.25) is 5.02 Å². The molecule has 6 nitrogen and oxygen atoms in total. The Bertz CT molecular complexity index is 881. The molecule has 1 aromatic heterocycles. The van der Waals surface area contributed by atoms with Gasteiger partial charge in [0.2, 0.25) is 0 Å². The molecule has 1 aliphatic heterocycles. The molecule has 0 spiro atoms. The number of benzene rings is 1. The lowest BCUT2D eigenvalue weighted by Crippen LogP contribution is -2.52. The Morgan fingerprint density at radius 2 is 1.74 bits per heavy atom. The van der Waals surface area contributed by atoms with Crippen LogP contribution in [0.1, 0.15) is 5.56 Å². The number of hydrogen-bond donors (Lipinski definition) is 0. The number of rotatable bonds is 4. The molecule has 0 N–H and O–H groups in total. The molecule has 1 aromatic carbocycles. The number of piperazine rings is 1. The van der Waals surface area contributed by atoms with E-state index in [4.69, 9.17) is 11.6 Å². The molecule has 0 saturated carbocycles. The maximum Gasteiger partial charge on any atom is 0.434 e. The van der Waals surface area contributed by atoms with Gasteiger partial charge >= 0.3 is 18.4 Å². The third kappa shape index (κ3) is 5.82. The average Bonchev–Trinajstić information content (AvgIpc) is 3.20. The third-order valence-electron chi connectivity index (χ3n) is 4.64. The first-order valence-electron chi connectivity index (χ1n) is 9.05. The summed E-state index contributed by atoms with van der Waals surface area (Å²) in [6, 6.07) is 6.97. The summed E-state index contributed by atoms with van der Waals surface area (Å²) in [5.41, 5.74) is 1.59. The number of carbonyl (C=O) groups excluding carboxylic acids is 1. The molecule has 1 amide bonds. The van der Waals surface area contributed by atoms with Gasteiger partial charge in [0.05, 0.1) is 5.69 Å². The minimum absolute atomic E-state index is 0.0774. The Balaban J connectivity index is 1.61. The highest BCUT2D eigenvalue weighted by Crippen LogP contribution is 2.36. The molecule has 1 aliphatic rings. The van der Waals surface area contributed by atoms with Gasteiger partial charge in [-0.1, -0.05) is 17.7 Å². The van der Waals surface area contributed by atoms with Gasteiger partial charge in [-0.25, -0.2) is 9.48 Å². The SMILES string of the molecule is O=C(OC(C(F)(F)F)C(F)(F)F)N1CCN(Cc2ccc(Cl)cc2-n2cccn2)CC1. The Kier molecular flexibility index (Phi) is 6.70. The number of halogens is 7. The van der Waals surface area contributed by atoms with Gasteiger partial charge < -0.3 is 9.64 Å². The molecule has 0 bridgehead atoms. The molecule has 2 aromatic rings. The van der Waals surface area contributed by atoms with Crippen LogP contribution in [-0.4, -0.2) is 70.3 Å². The maximum atomic E-state index is 12.6. The molecule has 3 rings (SSSR count). The second kappa shape index (κ2) is 8.95. The van der Waals surface area contributed by atoms with Crippen molar-refractivity contribution in [1.29, 1.82) is 0 Å². The van der Waals surface area contributed by atoms with Crippen molar-refractivity contribution in [3.63, 3.8) is 0 Å². The minimum atomic E-state index is -5.74. The molecular weight excluding hydrogens is 454 g/mol. The normalized spacial score (nSPS) is 16.1. The van der Waals surface area contributed by atoms with Gasteiger partial charge in [0, 0.05) is 50.1 Å². The molecule has 13 heteroatoms. The molecule has 31 heavy (non-hydrogen) atoms. The molecule has 1 fully saturated rings. The summed E-state index contributed by atoms with van der Waals surface area (Å²) >= 11 is 6.06. The predicted octanol–water partition coefficient (Wildman–Crippen LogP) is 4.27. The summed E-state index contributed by atoms with van der Waals surface area (Å²) in [5.74, 6) is 0. The van der Waals surface area contributed by atoms with Crippen LogP contribution < -0.4 is 0 Å². The monoisotopic (exact) mass is 470 g/mol. The van der Waals surface area contributed by atoms with Crippen molar-refractivity contribution in [1.82, 2.24) is 19.6 Å². The molecule has 0 aliphatic carbocycles. The van der Waals surface area contributed by atoms with Crippen LogP contribution in [0.3, 0.4) is 0 Å². The first-order chi connectivity index (χ1) is 14.4. The summed E-state index contributed by atoms with van der Waals surface area (Å²) in [6.45, 7) is 0.735. The molecule has 1 saturated heterocycles. The van der Waals surface area contributed by atoms with E-state index in [1.807, 2.05) is 4.90 Å². The standard InChI is InChI=1S/C18H17ClF6N4O2/c19-13-3-2-12(14(10-13)29-5-1-4-26-29)11-27-6-8-28(9-7-27)16(30)31-15(17(20,21)22)18(23,24)25/h1-5,10,15H,6-9,11H2. The Hall–Kier alpha value is -2.47. The third-order valence-corrected chi connectivity index (χ3v) is 4.87. The van der Waals surface area contributed by atoms with Gasteiger partial charge in [-0.05, 0) is 23.8 Å². The van der Waals surface area contributed by atoms with Crippen molar-refractivity contribution in [2.45, 2.75) is 25.0 Å². The highest BCUT2D eigenvalue weighted by Gasteiger charge is 2.60. The van der Waals surface area contributed by atoms with Crippen LogP contribution in [-0.2, 0) is 11.3 Å². The molecule has 2 heterocycles. The lowest BCUT2D eigenvalue weighted by atomic mass is 10.1. The first-order valence-corrected chi connectivity index (χ1v) is 9.43. The summed E-state index contributed by atoms with van der Waals surface area (Å²) in [6.07, 6.45) is -14.0. The van der Waals surface area contributed by atoms with Gasteiger partial charge in [-0.15, -0.1) is 0 Å². The van der Waals surface area contributed by atoms with Crippen molar-refractivity contribution in [2.75, 3.05) is 26.2 Å². The molecule has 0 radical (unpaired) electrons. The number of aromatic nitrogens is 2. The fraction of sp³-hybridized carbons (Fsp3) is 0.444. The van der Waals surface area contributed by atoms with Gasteiger partial charge in [-0.2, -0.15) is 31.4 Å². The summed E-state index contributed by atoms with van der Waals surface area (Å²) in [5, 5.41) is 4.68. The second-order valence-corrected chi connectivity index (χ2v) is 7.27. The zero-order valence-electron chi connectivity index (χ0n) is 15.8. The highest BCUT2D eigenvalue weighted by atomic mass is 35.5. The van der Waals surface area contributed by atoms with Crippen LogP contribution in [0.15, 0.2) is 36.7 Å². The van der Waals surface area contributed by atoms with E-state index < -0.39 is 24.5 Å². The van der Waals surface area contributed by atoms with E-state index in [9.17, 15) is 31.1 Å². The van der Waals surface area contributed by atoms with Crippen molar-refractivity contribution >= 4 is 17.7 Å². The molecule has 0 atom stereocenters. The van der Waals surface area contributed by atoms with E-state index in [1.54, 1.807) is 41.3 Å². The van der Waals surface area contributed by atoms with Gasteiger partial charge in [0.1, 0.15) is 0 Å². The Morgan fingerprint density at radius 3 is 2.29 bits per heavy atom. The zero-order valence-corrected chi connectivity index (χ0v) is 16.6. The van der Waals surface area contributed by atoms with E-state index in [-0.39, 0.29) is 26.2 Å². The van der Waals surface area contributed by atoms with Crippen molar-refractivity contribution in [2.24, 2.45) is 0 Å². The number of ether oxygens (including phenoxy) is 1. The lowest BCUT2D eigenvalue weighted by molar-refractivity contribution is -0.308. The van der Waals surface area contributed by atoms with E-state index in [2.05, 4.69) is 9.84 Å². The summed E-state index contributed by atoms with van der Waals surface area (Å²) < 4.78 is 80.9. The lowest BCUT2D eigenvalue weighted by Gasteiger charge is -2.35. The van der Waals surface area contributed by atoms with Gasteiger partial charge in [0.25, 0.3) is 6.10 Å². The Morgan fingerprint density at radius 1 is 1.10 bits per heavy atom. The van der Waals surface area contributed by atoms with Gasteiger partial charge in [-0.3, -0.25) is 4.90 Å². The zero-order chi connectivity index (χ0) is 22.8. The largest absolute Gasteiger partial charge is 0.434 e. The van der Waals surface area contributed by atoms with Crippen molar-refractivity contribution < 1.29 is 35.9 Å². The quantitative estimate of drug-likeness (QED) is 0.626. The number of hydrogen-bond acceptors (Lipinski definition) is 4. The fourth-order valence-corrected chi connectivity index (χ4v) is 3.29. The van der Waals surface area contributed by atoms with E-state index >= 15 is 0 Å². The smallest absolute Gasteiger partial charge is 0.426 e. The highest BCUT2D eigenvalue weighted by molar-refractivity contribution is 6.30. The predicted molar refractivity (Wildman–Crippen MR) is 97.8 cm³/mol. The second-order valence-electron chi connectivity index (χ2n) is 6.83. The van der Waals surface area contributed by atoms with Crippen LogP contribution in [0.4, 0.5) is 31.1 Å². The molecule has 170 valence electrons. The van der Waals surface area contributed by atoms with E-state index in [1.165, 1.54) is 0 Å². The molecule has 0 unspecified atom stereocenters. The van der Waals surface area contributed by atoms with E-state index in [0.29, 0.717) is 11.6 Å². The summed E-state index contributed by atoms with van der Waals surface area (Å²) in [7, 11) is 0. The van der Waals surface area contributed by atoms with Crippen LogP contribution >= 0.6 is 11.6 Å². The van der Waals surface area contributed by atoms with Gasteiger partial charge in [0.15, 0.2) is 0 Å².